The summed E-state index contributed by atoms with van der Waals surface area (Å²) < 4.78 is 1.30. The molecule has 2 N–H and O–H groups in total. The van der Waals surface area contributed by atoms with Crippen LogP contribution in [0.15, 0.2) is 35.3 Å². The van der Waals surface area contributed by atoms with Crippen LogP contribution in [0, 0.1) is 11.3 Å². The van der Waals surface area contributed by atoms with E-state index in [1.807, 2.05) is 24.8 Å². The van der Waals surface area contributed by atoms with Crippen LogP contribution < -0.4 is 10.9 Å². The molecule has 1 amide bonds. The molecule has 0 aliphatic carbocycles. The van der Waals surface area contributed by atoms with Crippen molar-refractivity contribution in [3.05, 3.63) is 57.5 Å². The maximum Gasteiger partial charge on any atom is 0.276 e. The molecule has 1 aromatic carbocycles. The Balaban J connectivity index is 1.86. The first kappa shape index (κ1) is 18.9. The second-order valence-electron chi connectivity index (χ2n) is 7.41. The highest BCUT2D eigenvalue weighted by Gasteiger charge is 2.22. The number of carbonyl (C=O) groups excluding carboxylic acids is 1. The van der Waals surface area contributed by atoms with Crippen molar-refractivity contribution in [1.82, 2.24) is 24.8 Å². The molecule has 0 saturated carbocycles. The number of hydrogen-bond donors (Lipinski definition) is 2. The van der Waals surface area contributed by atoms with E-state index in [-0.39, 0.29) is 23.0 Å². The minimum absolute atomic E-state index is 0.0309. The molecule has 0 radical (unpaired) electrons. The number of rotatable bonds is 3. The van der Waals surface area contributed by atoms with Crippen molar-refractivity contribution in [2.45, 2.75) is 19.8 Å². The molecule has 1 aliphatic rings. The Hall–Kier alpha value is -3.44. The number of piperazine rings is 1. The lowest BCUT2D eigenvalue weighted by atomic mass is 9.97. The fraction of sp³-hybridized carbons (Fsp3) is 0.333. The Morgan fingerprint density at radius 1 is 1.28 bits per heavy atom. The smallest absolute Gasteiger partial charge is 0.276 e. The number of nitrogens with zero attached hydrogens (tertiary/aromatic N) is 4. The van der Waals surface area contributed by atoms with E-state index in [0.29, 0.717) is 41.0 Å². The summed E-state index contributed by atoms with van der Waals surface area (Å²) >= 11 is 0. The van der Waals surface area contributed by atoms with Gasteiger partial charge in [0.1, 0.15) is 11.6 Å². The van der Waals surface area contributed by atoms with Crippen LogP contribution in [-0.4, -0.2) is 51.6 Å². The zero-order chi connectivity index (χ0) is 20.5. The van der Waals surface area contributed by atoms with E-state index in [1.54, 1.807) is 18.2 Å². The second kappa shape index (κ2) is 7.53. The van der Waals surface area contributed by atoms with E-state index in [1.165, 1.54) is 10.7 Å². The van der Waals surface area contributed by atoms with E-state index in [2.05, 4.69) is 21.5 Å². The van der Waals surface area contributed by atoms with Gasteiger partial charge in [0, 0.05) is 49.1 Å². The van der Waals surface area contributed by atoms with Crippen molar-refractivity contribution in [2.24, 2.45) is 0 Å². The summed E-state index contributed by atoms with van der Waals surface area (Å²) in [6.07, 6.45) is 1.47. The molecule has 0 bridgehead atoms. The van der Waals surface area contributed by atoms with Gasteiger partial charge in [-0.05, 0) is 18.1 Å². The second-order valence-corrected chi connectivity index (χ2v) is 7.41. The Kier molecular flexibility index (Phi) is 4.91. The molecule has 8 heteroatoms. The zero-order valence-corrected chi connectivity index (χ0v) is 16.4. The van der Waals surface area contributed by atoms with Gasteiger partial charge in [-0.3, -0.25) is 14.7 Å². The number of aromatic nitrogens is 3. The SMILES string of the molecule is CC(C)c1c(-c2cccc(C(=O)N3CCNCC3)c2)nc2c(C#N)c[nH]n2c1=O. The van der Waals surface area contributed by atoms with Crippen molar-refractivity contribution in [3.63, 3.8) is 0 Å². The van der Waals surface area contributed by atoms with Crippen molar-refractivity contribution < 1.29 is 4.79 Å². The average molecular weight is 390 g/mol. The first-order valence-corrected chi connectivity index (χ1v) is 9.66. The van der Waals surface area contributed by atoms with E-state index in [4.69, 9.17) is 0 Å². The summed E-state index contributed by atoms with van der Waals surface area (Å²) in [5.41, 5.74) is 2.66. The predicted molar refractivity (Wildman–Crippen MR) is 109 cm³/mol. The van der Waals surface area contributed by atoms with Crippen LogP contribution in [0.1, 0.15) is 41.3 Å². The molecule has 0 spiro atoms. The van der Waals surface area contributed by atoms with Crippen molar-refractivity contribution in [3.8, 4) is 17.3 Å². The third-order valence-electron chi connectivity index (χ3n) is 5.18. The zero-order valence-electron chi connectivity index (χ0n) is 16.4. The van der Waals surface area contributed by atoms with Crippen LogP contribution >= 0.6 is 0 Å². The van der Waals surface area contributed by atoms with Gasteiger partial charge in [0.05, 0.1) is 5.69 Å². The first-order chi connectivity index (χ1) is 14.0. The third-order valence-corrected chi connectivity index (χ3v) is 5.18. The Morgan fingerprint density at radius 3 is 2.72 bits per heavy atom. The van der Waals surface area contributed by atoms with E-state index in [9.17, 15) is 14.9 Å². The number of carbonyl (C=O) groups is 1. The van der Waals surface area contributed by atoms with Gasteiger partial charge < -0.3 is 10.2 Å². The molecular weight excluding hydrogens is 368 g/mol. The number of fused-ring (bicyclic) bond motifs is 1. The largest absolute Gasteiger partial charge is 0.336 e. The van der Waals surface area contributed by atoms with Crippen LogP contribution in [-0.2, 0) is 0 Å². The maximum absolute atomic E-state index is 13.1. The number of nitriles is 1. The summed E-state index contributed by atoms with van der Waals surface area (Å²) in [4.78, 5) is 32.4. The Labute approximate surface area is 167 Å². The summed E-state index contributed by atoms with van der Waals surface area (Å²) in [6.45, 7) is 6.75. The number of hydrogen-bond acceptors (Lipinski definition) is 5. The molecule has 0 atom stereocenters. The summed E-state index contributed by atoms with van der Waals surface area (Å²) in [6, 6.07) is 9.28. The topological polar surface area (TPSA) is 106 Å². The molecule has 3 heterocycles. The molecule has 1 fully saturated rings. The molecule has 3 aromatic rings. The molecule has 0 unspecified atom stereocenters. The highest BCUT2D eigenvalue weighted by Crippen LogP contribution is 2.27. The molecule has 8 nitrogen and oxygen atoms in total. The number of amides is 1. The van der Waals surface area contributed by atoms with Gasteiger partial charge in [-0.15, -0.1) is 0 Å². The van der Waals surface area contributed by atoms with E-state index in [0.717, 1.165) is 13.1 Å². The van der Waals surface area contributed by atoms with Gasteiger partial charge in [0.2, 0.25) is 0 Å². The molecule has 1 saturated heterocycles. The molecular formula is C21H22N6O2. The third kappa shape index (κ3) is 3.30. The summed E-state index contributed by atoms with van der Waals surface area (Å²) in [5, 5.41) is 15.4. The Bertz CT molecular complexity index is 1180. The average Bonchev–Trinajstić information content (AvgIpc) is 3.17. The van der Waals surface area contributed by atoms with Gasteiger partial charge in [0.25, 0.3) is 11.5 Å². The lowest BCUT2D eigenvalue weighted by Crippen LogP contribution is -2.46. The number of aromatic amines is 1. The van der Waals surface area contributed by atoms with Gasteiger partial charge in [-0.25, -0.2) is 9.50 Å². The lowest BCUT2D eigenvalue weighted by Gasteiger charge is -2.27. The predicted octanol–water partition coefficient (Wildman–Crippen LogP) is 1.73. The Morgan fingerprint density at radius 2 is 2.03 bits per heavy atom. The minimum atomic E-state index is -0.236. The van der Waals surface area contributed by atoms with E-state index < -0.39 is 0 Å². The molecule has 148 valence electrons. The molecule has 4 rings (SSSR count). The molecule has 2 aromatic heterocycles. The van der Waals surface area contributed by atoms with E-state index >= 15 is 0 Å². The van der Waals surface area contributed by atoms with Gasteiger partial charge in [-0.1, -0.05) is 26.0 Å². The highest BCUT2D eigenvalue weighted by atomic mass is 16.2. The van der Waals surface area contributed by atoms with Crippen molar-refractivity contribution in [1.29, 1.82) is 5.26 Å². The van der Waals surface area contributed by atoms with Crippen LogP contribution in [0.2, 0.25) is 0 Å². The number of nitrogens with one attached hydrogen (secondary N) is 2. The number of H-pyrrole nitrogens is 1. The quantitative estimate of drug-likeness (QED) is 0.708. The summed E-state index contributed by atoms with van der Waals surface area (Å²) in [5.74, 6) is -0.111. The van der Waals surface area contributed by atoms with Crippen LogP contribution in [0.5, 0.6) is 0 Å². The number of benzene rings is 1. The minimum Gasteiger partial charge on any atom is -0.336 e. The van der Waals surface area contributed by atoms with Crippen LogP contribution in [0.3, 0.4) is 0 Å². The molecule has 1 aliphatic heterocycles. The fourth-order valence-electron chi connectivity index (χ4n) is 3.70. The van der Waals surface area contributed by atoms with Crippen LogP contribution in [0.4, 0.5) is 0 Å². The normalized spacial score (nSPS) is 14.3. The van der Waals surface area contributed by atoms with Crippen molar-refractivity contribution in [2.75, 3.05) is 26.2 Å². The lowest BCUT2D eigenvalue weighted by molar-refractivity contribution is 0.0736. The van der Waals surface area contributed by atoms with Gasteiger partial charge in [-0.2, -0.15) is 5.26 Å². The fourth-order valence-corrected chi connectivity index (χ4v) is 3.70. The molecule has 29 heavy (non-hydrogen) atoms. The summed E-state index contributed by atoms with van der Waals surface area (Å²) in [7, 11) is 0. The maximum atomic E-state index is 13.1. The van der Waals surface area contributed by atoms with Gasteiger partial charge >= 0.3 is 0 Å². The van der Waals surface area contributed by atoms with Gasteiger partial charge in [0.15, 0.2) is 5.65 Å². The van der Waals surface area contributed by atoms with Crippen molar-refractivity contribution >= 4 is 11.6 Å². The highest BCUT2D eigenvalue weighted by molar-refractivity contribution is 5.95. The standard InChI is InChI=1S/C21H22N6O2/c1-13(2)17-18(25-19-16(11-22)12-24-27(19)21(17)29)14-4-3-5-15(10-14)20(28)26-8-6-23-7-9-26/h3-5,10,12-13,23-24H,6-9H2,1-2H3. The monoisotopic (exact) mass is 390 g/mol. The first-order valence-electron chi connectivity index (χ1n) is 9.66. The van der Waals surface area contributed by atoms with Crippen LogP contribution in [0.25, 0.3) is 16.9 Å².